The normalized spacial score (nSPS) is 13.2. The monoisotopic (exact) mass is 356 g/mol. The minimum absolute atomic E-state index is 0.240. The first-order chi connectivity index (χ1) is 13.0. The fourth-order valence-corrected chi connectivity index (χ4v) is 3.48. The summed E-state index contributed by atoms with van der Waals surface area (Å²) in [6.45, 7) is 6.54. The molecule has 1 aliphatic heterocycles. The lowest BCUT2D eigenvalue weighted by Gasteiger charge is -2.15. The van der Waals surface area contributed by atoms with Gasteiger partial charge in [-0.3, -0.25) is 19.5 Å². The number of pyridine rings is 1. The number of aromatic nitrogens is 1. The Labute approximate surface area is 158 Å². The van der Waals surface area contributed by atoms with E-state index in [2.05, 4.69) is 37.9 Å². The number of nitrogens with zero attached hydrogens (tertiary/aromatic N) is 2. The molecule has 2 heterocycles. The molecule has 0 fully saturated rings. The van der Waals surface area contributed by atoms with Crippen molar-refractivity contribution in [1.29, 1.82) is 0 Å². The third-order valence-electron chi connectivity index (χ3n) is 5.27. The van der Waals surface area contributed by atoms with Crippen LogP contribution in [0.3, 0.4) is 0 Å². The van der Waals surface area contributed by atoms with Crippen LogP contribution < -0.4 is 0 Å². The average Bonchev–Trinajstić information content (AvgIpc) is 2.91. The molecule has 0 spiro atoms. The van der Waals surface area contributed by atoms with Crippen molar-refractivity contribution in [3.63, 3.8) is 0 Å². The van der Waals surface area contributed by atoms with Gasteiger partial charge in [-0.25, -0.2) is 0 Å². The maximum atomic E-state index is 12.6. The van der Waals surface area contributed by atoms with E-state index < -0.39 is 0 Å². The molecule has 0 atom stereocenters. The van der Waals surface area contributed by atoms with E-state index in [9.17, 15) is 9.59 Å². The molecular formula is C23H20N2O2. The molecule has 0 N–H and O–H groups in total. The molecule has 2 amide bonds. The lowest BCUT2D eigenvalue weighted by molar-refractivity contribution is 0.0642. The third kappa shape index (κ3) is 2.93. The number of aryl methyl sites for hydroxylation is 2. The van der Waals surface area contributed by atoms with E-state index in [1.54, 1.807) is 30.5 Å². The highest BCUT2D eigenvalue weighted by Crippen LogP contribution is 2.27. The molecule has 0 saturated carbocycles. The molecule has 0 saturated heterocycles. The Bertz CT molecular complexity index is 1030. The number of imide groups is 1. The second-order valence-corrected chi connectivity index (χ2v) is 7.03. The van der Waals surface area contributed by atoms with Crippen molar-refractivity contribution in [3.8, 4) is 11.3 Å². The smallest absolute Gasteiger partial charge is 0.261 e. The number of amides is 2. The molecular weight excluding hydrogens is 336 g/mol. The molecule has 0 radical (unpaired) electrons. The van der Waals surface area contributed by atoms with Gasteiger partial charge in [-0.1, -0.05) is 12.1 Å². The minimum Gasteiger partial charge on any atom is -0.270 e. The van der Waals surface area contributed by atoms with Gasteiger partial charge in [0.05, 0.1) is 23.4 Å². The fourth-order valence-electron chi connectivity index (χ4n) is 3.48. The Hall–Kier alpha value is -3.27. The van der Waals surface area contributed by atoms with Gasteiger partial charge < -0.3 is 0 Å². The first-order valence-electron chi connectivity index (χ1n) is 8.94. The van der Waals surface area contributed by atoms with Crippen molar-refractivity contribution < 1.29 is 9.59 Å². The Morgan fingerprint density at radius 1 is 0.852 bits per heavy atom. The fraction of sp³-hybridized carbons (Fsp3) is 0.174. The van der Waals surface area contributed by atoms with Crippen LogP contribution in [0.1, 0.15) is 43.0 Å². The standard InChI is InChI=1S/C23H20N2O2/c1-14-10-18(11-15(2)16(14)3)21-12-17(8-9-24-21)13-25-22(26)19-6-4-5-7-20(19)23(25)27/h4-12H,13H2,1-3H3. The summed E-state index contributed by atoms with van der Waals surface area (Å²) in [6, 6.07) is 15.0. The summed E-state index contributed by atoms with van der Waals surface area (Å²) >= 11 is 0. The first-order valence-corrected chi connectivity index (χ1v) is 8.94. The summed E-state index contributed by atoms with van der Waals surface area (Å²) in [5.74, 6) is -0.480. The van der Waals surface area contributed by atoms with Crippen LogP contribution in [-0.2, 0) is 6.54 Å². The van der Waals surface area contributed by atoms with Crippen molar-refractivity contribution in [2.45, 2.75) is 27.3 Å². The topological polar surface area (TPSA) is 50.3 Å². The second-order valence-electron chi connectivity index (χ2n) is 7.03. The van der Waals surface area contributed by atoms with E-state index in [-0.39, 0.29) is 18.4 Å². The zero-order valence-corrected chi connectivity index (χ0v) is 15.6. The molecule has 4 heteroatoms. The van der Waals surface area contributed by atoms with Crippen molar-refractivity contribution in [2.24, 2.45) is 0 Å². The van der Waals surface area contributed by atoms with Crippen LogP contribution >= 0.6 is 0 Å². The predicted octanol–water partition coefficient (Wildman–Crippen LogP) is 4.47. The summed E-state index contributed by atoms with van der Waals surface area (Å²) in [5, 5.41) is 0. The summed E-state index contributed by atoms with van der Waals surface area (Å²) in [7, 11) is 0. The number of hydrogen-bond acceptors (Lipinski definition) is 3. The number of benzene rings is 2. The minimum atomic E-state index is -0.240. The summed E-state index contributed by atoms with van der Waals surface area (Å²) in [5.41, 5.74) is 7.43. The van der Waals surface area contributed by atoms with Gasteiger partial charge in [-0.05, 0) is 79.4 Å². The average molecular weight is 356 g/mol. The molecule has 0 aliphatic carbocycles. The van der Waals surface area contributed by atoms with Crippen LogP contribution in [0.15, 0.2) is 54.7 Å². The van der Waals surface area contributed by atoms with Gasteiger partial charge in [0.25, 0.3) is 11.8 Å². The van der Waals surface area contributed by atoms with E-state index in [4.69, 9.17) is 0 Å². The number of rotatable bonds is 3. The highest BCUT2D eigenvalue weighted by molar-refractivity contribution is 6.21. The van der Waals surface area contributed by atoms with Gasteiger partial charge in [0, 0.05) is 11.8 Å². The summed E-state index contributed by atoms with van der Waals surface area (Å²) in [4.78, 5) is 31.0. The Morgan fingerprint density at radius 3 is 2.04 bits per heavy atom. The first kappa shape index (κ1) is 17.2. The third-order valence-corrected chi connectivity index (χ3v) is 5.27. The molecule has 4 rings (SSSR count). The molecule has 0 bridgehead atoms. The molecule has 4 nitrogen and oxygen atoms in total. The van der Waals surface area contributed by atoms with Gasteiger partial charge in [0.1, 0.15) is 0 Å². The van der Waals surface area contributed by atoms with Crippen molar-refractivity contribution in [2.75, 3.05) is 0 Å². The van der Waals surface area contributed by atoms with Crippen LogP contribution in [-0.4, -0.2) is 21.7 Å². The molecule has 3 aromatic rings. The van der Waals surface area contributed by atoms with E-state index >= 15 is 0 Å². The molecule has 27 heavy (non-hydrogen) atoms. The van der Waals surface area contributed by atoms with Gasteiger partial charge in [0.2, 0.25) is 0 Å². The quantitative estimate of drug-likeness (QED) is 0.651. The largest absolute Gasteiger partial charge is 0.270 e. The van der Waals surface area contributed by atoms with Crippen LogP contribution in [0.4, 0.5) is 0 Å². The van der Waals surface area contributed by atoms with Gasteiger partial charge in [-0.2, -0.15) is 0 Å². The zero-order valence-electron chi connectivity index (χ0n) is 15.6. The molecule has 1 aliphatic rings. The molecule has 1 aromatic heterocycles. The second kappa shape index (κ2) is 6.47. The summed E-state index contributed by atoms with van der Waals surface area (Å²) in [6.07, 6.45) is 1.73. The summed E-state index contributed by atoms with van der Waals surface area (Å²) < 4.78 is 0. The Balaban J connectivity index is 1.65. The van der Waals surface area contributed by atoms with Gasteiger partial charge >= 0.3 is 0 Å². The zero-order chi connectivity index (χ0) is 19.1. The van der Waals surface area contributed by atoms with E-state index in [0.29, 0.717) is 11.1 Å². The van der Waals surface area contributed by atoms with Gasteiger partial charge in [-0.15, -0.1) is 0 Å². The van der Waals surface area contributed by atoms with E-state index in [1.807, 2.05) is 12.1 Å². The van der Waals surface area contributed by atoms with Crippen LogP contribution in [0.5, 0.6) is 0 Å². The van der Waals surface area contributed by atoms with Crippen LogP contribution in [0, 0.1) is 20.8 Å². The van der Waals surface area contributed by atoms with Crippen molar-refractivity contribution in [1.82, 2.24) is 9.88 Å². The van der Waals surface area contributed by atoms with E-state index in [1.165, 1.54) is 21.6 Å². The number of fused-ring (bicyclic) bond motifs is 1. The molecule has 134 valence electrons. The Kier molecular flexibility index (Phi) is 4.11. The highest BCUT2D eigenvalue weighted by Gasteiger charge is 2.34. The van der Waals surface area contributed by atoms with Gasteiger partial charge in [0.15, 0.2) is 0 Å². The molecule has 2 aromatic carbocycles. The molecule has 0 unspecified atom stereocenters. The van der Waals surface area contributed by atoms with Crippen molar-refractivity contribution in [3.05, 3.63) is 88.1 Å². The maximum absolute atomic E-state index is 12.6. The highest BCUT2D eigenvalue weighted by atomic mass is 16.2. The van der Waals surface area contributed by atoms with Crippen LogP contribution in [0.2, 0.25) is 0 Å². The maximum Gasteiger partial charge on any atom is 0.261 e. The van der Waals surface area contributed by atoms with E-state index in [0.717, 1.165) is 16.8 Å². The SMILES string of the molecule is Cc1cc(-c2cc(CN3C(=O)c4ccccc4C3=O)ccn2)cc(C)c1C. The lowest BCUT2D eigenvalue weighted by Crippen LogP contribution is -2.29. The van der Waals surface area contributed by atoms with Crippen LogP contribution in [0.25, 0.3) is 11.3 Å². The number of carbonyl (C=O) groups is 2. The van der Waals surface area contributed by atoms with Crippen molar-refractivity contribution >= 4 is 11.8 Å². The number of carbonyl (C=O) groups excluding carboxylic acids is 2. The number of hydrogen-bond donors (Lipinski definition) is 0. The predicted molar refractivity (Wildman–Crippen MR) is 105 cm³/mol. The Morgan fingerprint density at radius 2 is 1.44 bits per heavy atom. The lowest BCUT2D eigenvalue weighted by atomic mass is 9.98.